The molecule has 18 atom stereocenters. The van der Waals surface area contributed by atoms with Crippen molar-refractivity contribution in [1.29, 1.82) is 0 Å². The van der Waals surface area contributed by atoms with E-state index in [1.807, 2.05) is 5.57 Å². The molecule has 1 aliphatic heterocycles. The van der Waals surface area contributed by atoms with Gasteiger partial charge in [-0.25, -0.2) is 4.79 Å². The zero-order chi connectivity index (χ0) is 52.5. The number of rotatable bonds is 19. The van der Waals surface area contributed by atoms with Gasteiger partial charge in [0.15, 0.2) is 0 Å². The summed E-state index contributed by atoms with van der Waals surface area (Å²) in [4.78, 5) is 26.0. The van der Waals surface area contributed by atoms with Gasteiger partial charge in [0.1, 0.15) is 12.7 Å². The number of aliphatic hydroxyl groups excluding tert-OH is 2. The Bertz CT molecular complexity index is 2430. The third-order valence-electron chi connectivity index (χ3n) is 24.4. The van der Waals surface area contributed by atoms with Crippen molar-refractivity contribution in [3.8, 4) is 0 Å². The SMILES string of the molecule is CC(=O)O[C@@H]1C[C@@H](C)[C@](O)(CCC2=CC(=O)OC2)[C@@]2([C@H](O)CC[C@H](C)CCCc3ccccc3)[C@H](O)CC[C@@](C)([C@H]3CC[C@]45C[C@@H](CCc6ccccc6)[C@]67CC[C@@]8(CC[C@H](CCC(C)C)[C@H]8CC(=C[C@@H]3C4)[C@H]56)C7)[C@H]12. The minimum Gasteiger partial charge on any atom is -0.462 e. The van der Waals surface area contributed by atoms with Gasteiger partial charge in [0, 0.05) is 18.9 Å². The van der Waals surface area contributed by atoms with Crippen molar-refractivity contribution in [3.05, 3.63) is 95.1 Å². The van der Waals surface area contributed by atoms with E-state index in [-0.39, 0.29) is 36.3 Å². The molecule has 410 valence electrons. The van der Waals surface area contributed by atoms with Crippen LogP contribution < -0.4 is 0 Å². The van der Waals surface area contributed by atoms with E-state index in [1.165, 1.54) is 95.1 Å². The first-order chi connectivity index (χ1) is 35.9. The van der Waals surface area contributed by atoms with Crippen LogP contribution >= 0.6 is 0 Å². The number of benzene rings is 2. The number of fused-ring (bicyclic) bond motifs is 2. The maximum atomic E-state index is 14.1. The highest BCUT2D eigenvalue weighted by molar-refractivity contribution is 5.85. The van der Waals surface area contributed by atoms with Crippen LogP contribution in [0.2, 0.25) is 0 Å². The monoisotopic (exact) mass is 1020 g/mol. The summed E-state index contributed by atoms with van der Waals surface area (Å²) in [5.74, 6) is 3.02. The van der Waals surface area contributed by atoms with Crippen LogP contribution in [0.5, 0.6) is 0 Å². The number of hydrogen-bond donors (Lipinski definition) is 3. The van der Waals surface area contributed by atoms with Crippen LogP contribution in [0.3, 0.4) is 0 Å². The van der Waals surface area contributed by atoms with Crippen molar-refractivity contribution < 1.29 is 34.4 Å². The van der Waals surface area contributed by atoms with Crippen molar-refractivity contribution >= 4 is 11.9 Å². The van der Waals surface area contributed by atoms with Gasteiger partial charge < -0.3 is 24.8 Å². The van der Waals surface area contributed by atoms with Crippen molar-refractivity contribution in [2.24, 2.45) is 86.3 Å². The lowest BCUT2D eigenvalue weighted by molar-refractivity contribution is -0.329. The summed E-state index contributed by atoms with van der Waals surface area (Å²) in [5, 5.41) is 40.9. The highest BCUT2D eigenvalue weighted by Crippen LogP contribution is 2.81. The fourth-order valence-electron chi connectivity index (χ4n) is 21.4. The molecule has 2 aromatic carbocycles. The largest absolute Gasteiger partial charge is 0.462 e. The Morgan fingerprint density at radius 2 is 1.56 bits per heavy atom. The first-order valence-corrected chi connectivity index (χ1v) is 30.9. The third-order valence-corrected chi connectivity index (χ3v) is 24.4. The topological polar surface area (TPSA) is 113 Å². The minimum atomic E-state index is -1.52. The molecular formula is C68H96O7. The molecule has 3 N–H and O–H groups in total. The molecule has 0 unspecified atom stereocenters. The standard InChI is InChI=1S/C68H96O7/c1-44(2)20-23-51-27-31-64-34-35-66(43-64)54(24-22-49-17-11-8-12-18-49)41-65-32-28-55(53(40-65)38-52(61(65)66)39-56(51)64)63(6)30-29-59(71)68(58(70)25-21-45(3)14-13-19-48-15-9-7-10-16-48)62(63)57(75-47(5)69)36-46(4)67(68,73)33-26-50-37-60(72)74-42-50/h7-12,15-18,37-38,44-46,51,53-59,61-62,70-71,73H,13-14,19-36,39-43H2,1-6H3/t45-,46-,51+,53-,54-,55+,56-,57-,58-,59-,61-,62+,63+,64+,65-,66-,67-,68+/m1/s1. The Labute approximate surface area is 451 Å². The van der Waals surface area contributed by atoms with E-state index in [4.69, 9.17) is 9.47 Å². The van der Waals surface area contributed by atoms with Gasteiger partial charge in [-0.1, -0.05) is 120 Å². The molecule has 3 spiro atoms. The molecule has 0 radical (unpaired) electrons. The predicted molar refractivity (Wildman–Crippen MR) is 297 cm³/mol. The Hall–Kier alpha value is -3.26. The van der Waals surface area contributed by atoms with Gasteiger partial charge in [-0.3, -0.25) is 4.79 Å². The molecule has 4 bridgehead atoms. The average molecular weight is 1030 g/mol. The van der Waals surface area contributed by atoms with E-state index >= 15 is 0 Å². The summed E-state index contributed by atoms with van der Waals surface area (Å²) in [7, 11) is 0. The van der Waals surface area contributed by atoms with Gasteiger partial charge >= 0.3 is 11.9 Å². The summed E-state index contributed by atoms with van der Waals surface area (Å²) >= 11 is 0. The zero-order valence-corrected chi connectivity index (χ0v) is 47.1. The minimum absolute atomic E-state index is 0.204. The second-order valence-corrected chi connectivity index (χ2v) is 28.5. The van der Waals surface area contributed by atoms with Crippen LogP contribution in [0, 0.1) is 86.3 Å². The molecule has 0 aromatic heterocycles. The van der Waals surface area contributed by atoms with Gasteiger partial charge in [0.05, 0.1) is 23.2 Å². The molecule has 75 heavy (non-hydrogen) atoms. The summed E-state index contributed by atoms with van der Waals surface area (Å²) in [6.45, 7) is 13.4. The number of allylic oxidation sites excluding steroid dienone is 2. The number of aryl methyl sites for hydroxylation is 2. The highest BCUT2D eigenvalue weighted by Gasteiger charge is 2.77. The predicted octanol–water partition coefficient (Wildman–Crippen LogP) is 14.2. The normalized spacial score (nSPS) is 42.2. The molecule has 0 saturated heterocycles. The van der Waals surface area contributed by atoms with Gasteiger partial charge in [0.25, 0.3) is 0 Å². The van der Waals surface area contributed by atoms with Gasteiger partial charge in [-0.15, -0.1) is 0 Å². The number of aliphatic hydroxyl groups is 3. The Balaban J connectivity index is 0.975. The molecule has 7 heteroatoms. The van der Waals surface area contributed by atoms with Crippen LogP contribution in [0.1, 0.15) is 194 Å². The van der Waals surface area contributed by atoms with Gasteiger partial charge in [-0.2, -0.15) is 0 Å². The maximum absolute atomic E-state index is 14.1. The van der Waals surface area contributed by atoms with E-state index in [0.29, 0.717) is 54.3 Å². The van der Waals surface area contributed by atoms with Crippen LogP contribution in [0.4, 0.5) is 0 Å². The van der Waals surface area contributed by atoms with Crippen molar-refractivity contribution in [2.75, 3.05) is 6.61 Å². The lowest BCUT2D eigenvalue weighted by atomic mass is 9.36. The number of ether oxygens (including phenoxy) is 2. The number of hydrogen-bond acceptors (Lipinski definition) is 7. The second kappa shape index (κ2) is 20.8. The van der Waals surface area contributed by atoms with Gasteiger partial charge in [0.2, 0.25) is 0 Å². The molecule has 2 aromatic rings. The third kappa shape index (κ3) is 9.19. The second-order valence-electron chi connectivity index (χ2n) is 28.5. The Kier molecular flexibility index (Phi) is 14.9. The van der Waals surface area contributed by atoms with E-state index in [0.717, 1.165) is 74.2 Å². The summed E-state index contributed by atoms with van der Waals surface area (Å²) in [6, 6.07) is 22.0. The fraction of sp³-hybridized carbons (Fsp3) is 0.735. The molecule has 7 saturated carbocycles. The lowest BCUT2D eigenvalue weighted by Gasteiger charge is -2.71. The maximum Gasteiger partial charge on any atom is 0.331 e. The van der Waals surface area contributed by atoms with Crippen molar-refractivity contribution in [2.45, 2.75) is 220 Å². The van der Waals surface area contributed by atoms with E-state index in [1.54, 1.807) is 6.08 Å². The fourth-order valence-corrected chi connectivity index (χ4v) is 21.4. The zero-order valence-electron chi connectivity index (χ0n) is 47.1. The van der Waals surface area contributed by atoms with Crippen LogP contribution in [-0.2, 0) is 31.9 Å². The van der Waals surface area contributed by atoms with Crippen LogP contribution in [0.25, 0.3) is 0 Å². The van der Waals surface area contributed by atoms with E-state index in [2.05, 4.69) is 101 Å². The number of esters is 2. The first-order valence-electron chi connectivity index (χ1n) is 30.9. The molecule has 11 rings (SSSR count). The average Bonchev–Trinajstić information content (AvgIpc) is 4.13. The summed E-state index contributed by atoms with van der Waals surface area (Å²) in [6.07, 6.45) is 26.9. The Morgan fingerprint density at radius 3 is 2.27 bits per heavy atom. The van der Waals surface area contributed by atoms with Crippen LogP contribution in [-0.4, -0.2) is 57.8 Å². The Morgan fingerprint density at radius 1 is 0.827 bits per heavy atom. The quantitative estimate of drug-likeness (QED) is 0.0949. The number of carbonyl (C=O) groups excluding carboxylic acids is 2. The molecule has 0 amide bonds. The highest BCUT2D eigenvalue weighted by atomic mass is 16.5. The molecule has 7 fully saturated rings. The molecule has 9 aliphatic rings. The summed E-state index contributed by atoms with van der Waals surface area (Å²) < 4.78 is 12.0. The molecule has 7 nitrogen and oxygen atoms in total. The van der Waals surface area contributed by atoms with Crippen molar-refractivity contribution in [3.63, 3.8) is 0 Å². The molecule has 8 aliphatic carbocycles. The molecular weight excluding hydrogens is 929 g/mol. The van der Waals surface area contributed by atoms with E-state index < -0.39 is 46.6 Å². The van der Waals surface area contributed by atoms with Crippen LogP contribution in [0.15, 0.2) is 84.0 Å². The van der Waals surface area contributed by atoms with Crippen molar-refractivity contribution in [1.82, 2.24) is 0 Å². The lowest BCUT2D eigenvalue weighted by Crippen LogP contribution is -2.77. The first kappa shape index (κ1) is 53.7. The van der Waals surface area contributed by atoms with Gasteiger partial charge in [-0.05, 0) is 233 Å². The number of carbonyl (C=O) groups is 2. The summed E-state index contributed by atoms with van der Waals surface area (Å²) in [5.41, 5.74) is 3.24. The van der Waals surface area contributed by atoms with E-state index in [9.17, 15) is 24.9 Å². The smallest absolute Gasteiger partial charge is 0.331 e. The molecule has 1 heterocycles. The number of cyclic esters (lactones) is 1.